The maximum atomic E-state index is 12.2. The summed E-state index contributed by atoms with van der Waals surface area (Å²) in [6.45, 7) is 3.02. The van der Waals surface area contributed by atoms with Gasteiger partial charge in [-0.15, -0.1) is 0 Å². The van der Waals surface area contributed by atoms with Crippen molar-refractivity contribution < 1.29 is 4.79 Å². The molecule has 0 radical (unpaired) electrons. The van der Waals surface area contributed by atoms with Gasteiger partial charge < -0.3 is 10.2 Å². The van der Waals surface area contributed by atoms with Crippen molar-refractivity contribution >= 4 is 28.0 Å². The van der Waals surface area contributed by atoms with Crippen molar-refractivity contribution in [2.75, 3.05) is 6.54 Å². The number of hydrogen-bond acceptors (Lipinski definition) is 1. The molecule has 20 heavy (non-hydrogen) atoms. The minimum atomic E-state index is 0.0184. The fourth-order valence-corrected chi connectivity index (χ4v) is 2.82. The van der Waals surface area contributed by atoms with Crippen LogP contribution in [0.2, 0.25) is 0 Å². The summed E-state index contributed by atoms with van der Waals surface area (Å²) in [7, 11) is 0. The third-order valence-electron chi connectivity index (χ3n) is 3.71. The van der Waals surface area contributed by atoms with Crippen LogP contribution < -0.4 is 5.32 Å². The summed E-state index contributed by atoms with van der Waals surface area (Å²) in [5.74, 6) is 0. The third kappa shape index (κ3) is 4.10. The van der Waals surface area contributed by atoms with Crippen LogP contribution in [0, 0.1) is 0 Å². The minimum absolute atomic E-state index is 0.0184. The summed E-state index contributed by atoms with van der Waals surface area (Å²) in [4.78, 5) is 14.1. The number of carbonyl (C=O) groups excluding carboxylic acids is 1. The first-order chi connectivity index (χ1) is 9.70. The Morgan fingerprint density at radius 2 is 2.15 bits per heavy atom. The summed E-state index contributed by atoms with van der Waals surface area (Å²) in [5, 5.41) is 2.87. The van der Waals surface area contributed by atoms with Gasteiger partial charge in [0.05, 0.1) is 0 Å². The second-order valence-electron chi connectivity index (χ2n) is 5.09. The van der Waals surface area contributed by atoms with Gasteiger partial charge in [-0.2, -0.15) is 0 Å². The molecule has 2 amide bonds. The van der Waals surface area contributed by atoms with Crippen molar-refractivity contribution in [3.8, 4) is 0 Å². The van der Waals surface area contributed by atoms with Gasteiger partial charge in [0.15, 0.2) is 0 Å². The standard InChI is InChI=1S/C16H21BrN2O/c1-2-15-5-3-4-12-19(15)16(20)18-11-10-13-6-8-14(17)9-7-13/h6-11,15H,2-5,12H2,1H3,(H,18,20)/b11-10+. The van der Waals surface area contributed by atoms with E-state index in [1.54, 1.807) is 6.20 Å². The highest BCUT2D eigenvalue weighted by molar-refractivity contribution is 9.10. The summed E-state index contributed by atoms with van der Waals surface area (Å²) < 4.78 is 1.05. The molecule has 0 bridgehead atoms. The van der Waals surface area contributed by atoms with E-state index >= 15 is 0 Å². The van der Waals surface area contributed by atoms with Crippen molar-refractivity contribution in [2.45, 2.75) is 38.6 Å². The number of rotatable bonds is 3. The molecular weight excluding hydrogens is 316 g/mol. The lowest BCUT2D eigenvalue weighted by Crippen LogP contribution is -2.47. The summed E-state index contributed by atoms with van der Waals surface area (Å²) >= 11 is 3.40. The van der Waals surface area contributed by atoms with Gasteiger partial charge in [0.2, 0.25) is 0 Å². The number of halogens is 1. The van der Waals surface area contributed by atoms with Crippen LogP contribution in [0.4, 0.5) is 4.79 Å². The van der Waals surface area contributed by atoms with E-state index in [0.717, 1.165) is 35.8 Å². The van der Waals surface area contributed by atoms with Gasteiger partial charge in [-0.05, 0) is 49.5 Å². The lowest BCUT2D eigenvalue weighted by Gasteiger charge is -2.34. The number of amides is 2. The fraction of sp³-hybridized carbons (Fsp3) is 0.438. The van der Waals surface area contributed by atoms with E-state index < -0.39 is 0 Å². The number of likely N-dealkylation sites (tertiary alicyclic amines) is 1. The maximum Gasteiger partial charge on any atom is 0.321 e. The van der Waals surface area contributed by atoms with Gasteiger partial charge in [0, 0.05) is 23.3 Å². The number of nitrogens with zero attached hydrogens (tertiary/aromatic N) is 1. The zero-order valence-electron chi connectivity index (χ0n) is 11.8. The predicted molar refractivity (Wildman–Crippen MR) is 86.3 cm³/mol. The third-order valence-corrected chi connectivity index (χ3v) is 4.24. The first-order valence-electron chi connectivity index (χ1n) is 7.20. The molecule has 0 saturated carbocycles. The van der Waals surface area contributed by atoms with Crippen molar-refractivity contribution in [3.05, 3.63) is 40.5 Å². The highest BCUT2D eigenvalue weighted by Crippen LogP contribution is 2.19. The van der Waals surface area contributed by atoms with E-state index in [4.69, 9.17) is 0 Å². The molecule has 1 aromatic carbocycles. The summed E-state index contributed by atoms with van der Waals surface area (Å²) in [6.07, 6.45) is 8.14. The Bertz CT molecular complexity index is 470. The van der Waals surface area contributed by atoms with Crippen LogP contribution >= 0.6 is 15.9 Å². The molecular formula is C16H21BrN2O. The lowest BCUT2D eigenvalue weighted by molar-refractivity contribution is 0.152. The average molecular weight is 337 g/mol. The van der Waals surface area contributed by atoms with Crippen LogP contribution in [0.3, 0.4) is 0 Å². The van der Waals surface area contributed by atoms with Crippen LogP contribution in [0.25, 0.3) is 6.08 Å². The van der Waals surface area contributed by atoms with Crippen molar-refractivity contribution in [3.63, 3.8) is 0 Å². The Morgan fingerprint density at radius 1 is 1.40 bits per heavy atom. The molecule has 2 rings (SSSR count). The van der Waals surface area contributed by atoms with Crippen LogP contribution in [0.1, 0.15) is 38.2 Å². The second kappa shape index (κ2) is 7.48. The number of urea groups is 1. The molecule has 4 heteroatoms. The topological polar surface area (TPSA) is 32.3 Å². The molecule has 108 valence electrons. The quantitative estimate of drug-likeness (QED) is 0.871. The molecule has 1 heterocycles. The monoisotopic (exact) mass is 336 g/mol. The van der Waals surface area contributed by atoms with Gasteiger partial charge in [0.25, 0.3) is 0 Å². The maximum absolute atomic E-state index is 12.2. The molecule has 1 atom stereocenters. The Hall–Kier alpha value is -1.29. The molecule has 1 aliphatic heterocycles. The van der Waals surface area contributed by atoms with E-state index in [0.29, 0.717) is 6.04 Å². The van der Waals surface area contributed by atoms with E-state index in [1.807, 2.05) is 35.2 Å². The number of piperidine rings is 1. The van der Waals surface area contributed by atoms with Gasteiger partial charge in [-0.3, -0.25) is 0 Å². The van der Waals surface area contributed by atoms with E-state index in [2.05, 4.69) is 28.2 Å². The lowest BCUT2D eigenvalue weighted by atomic mass is 10.0. The zero-order valence-corrected chi connectivity index (χ0v) is 13.4. The van der Waals surface area contributed by atoms with Crippen LogP contribution in [0.15, 0.2) is 34.9 Å². The van der Waals surface area contributed by atoms with Gasteiger partial charge in [-0.25, -0.2) is 4.79 Å². The van der Waals surface area contributed by atoms with Crippen LogP contribution in [-0.4, -0.2) is 23.5 Å². The van der Waals surface area contributed by atoms with Gasteiger partial charge >= 0.3 is 6.03 Å². The smallest absolute Gasteiger partial charge is 0.321 e. The number of hydrogen-bond donors (Lipinski definition) is 1. The molecule has 1 aliphatic rings. The minimum Gasteiger partial charge on any atom is -0.322 e. The van der Waals surface area contributed by atoms with Gasteiger partial charge in [0.1, 0.15) is 0 Å². The predicted octanol–water partition coefficient (Wildman–Crippen LogP) is 4.39. The highest BCUT2D eigenvalue weighted by atomic mass is 79.9. The zero-order chi connectivity index (χ0) is 14.4. The molecule has 0 spiro atoms. The summed E-state index contributed by atoms with van der Waals surface area (Å²) in [6, 6.07) is 8.39. The molecule has 0 aromatic heterocycles. The molecule has 1 aromatic rings. The first-order valence-corrected chi connectivity index (χ1v) is 7.99. The van der Waals surface area contributed by atoms with Crippen molar-refractivity contribution in [2.24, 2.45) is 0 Å². The SMILES string of the molecule is CCC1CCCCN1C(=O)N/C=C/c1ccc(Br)cc1. The Kier molecular flexibility index (Phi) is 5.65. The van der Waals surface area contributed by atoms with Crippen LogP contribution in [-0.2, 0) is 0 Å². The highest BCUT2D eigenvalue weighted by Gasteiger charge is 2.24. The van der Waals surface area contributed by atoms with E-state index in [9.17, 15) is 4.79 Å². The van der Waals surface area contributed by atoms with Gasteiger partial charge in [-0.1, -0.05) is 35.0 Å². The number of benzene rings is 1. The molecule has 1 unspecified atom stereocenters. The average Bonchev–Trinajstić information content (AvgIpc) is 2.49. The Balaban J connectivity index is 1.89. The Morgan fingerprint density at radius 3 is 2.85 bits per heavy atom. The number of carbonyl (C=O) groups is 1. The summed E-state index contributed by atoms with van der Waals surface area (Å²) in [5.41, 5.74) is 1.07. The molecule has 1 saturated heterocycles. The van der Waals surface area contributed by atoms with Crippen molar-refractivity contribution in [1.82, 2.24) is 10.2 Å². The van der Waals surface area contributed by atoms with Crippen LogP contribution in [0.5, 0.6) is 0 Å². The number of nitrogens with one attached hydrogen (secondary N) is 1. The Labute approximate surface area is 129 Å². The largest absolute Gasteiger partial charge is 0.322 e. The molecule has 0 aliphatic carbocycles. The molecule has 1 fully saturated rings. The normalized spacial score (nSPS) is 19.3. The second-order valence-corrected chi connectivity index (χ2v) is 6.00. The van der Waals surface area contributed by atoms with E-state index in [1.165, 1.54) is 6.42 Å². The molecule has 3 nitrogen and oxygen atoms in total. The fourth-order valence-electron chi connectivity index (χ4n) is 2.56. The first kappa shape index (κ1) is 15.1. The molecule has 1 N–H and O–H groups in total. The van der Waals surface area contributed by atoms with Crippen molar-refractivity contribution in [1.29, 1.82) is 0 Å². The van der Waals surface area contributed by atoms with E-state index in [-0.39, 0.29) is 6.03 Å².